The number of amides is 1. The van der Waals surface area contributed by atoms with Crippen LogP contribution in [0.3, 0.4) is 0 Å². The lowest BCUT2D eigenvalue weighted by Gasteiger charge is -2.35. The molecule has 1 aliphatic heterocycles. The zero-order chi connectivity index (χ0) is 15.2. The smallest absolute Gasteiger partial charge is 0.220 e. The summed E-state index contributed by atoms with van der Waals surface area (Å²) in [6.07, 6.45) is 4.31. The Morgan fingerprint density at radius 1 is 1.30 bits per heavy atom. The van der Waals surface area contributed by atoms with E-state index >= 15 is 0 Å². The van der Waals surface area contributed by atoms with E-state index in [2.05, 4.69) is 33.0 Å². The molecule has 1 rings (SSSR count). The van der Waals surface area contributed by atoms with Gasteiger partial charge in [-0.2, -0.15) is 0 Å². The van der Waals surface area contributed by atoms with E-state index in [4.69, 9.17) is 10.5 Å². The third-order valence-corrected chi connectivity index (χ3v) is 4.50. The van der Waals surface area contributed by atoms with Crippen molar-refractivity contribution in [3.63, 3.8) is 0 Å². The lowest BCUT2D eigenvalue weighted by Crippen LogP contribution is -2.49. The van der Waals surface area contributed by atoms with E-state index in [-0.39, 0.29) is 16.9 Å². The van der Waals surface area contributed by atoms with E-state index in [0.29, 0.717) is 18.9 Å². The summed E-state index contributed by atoms with van der Waals surface area (Å²) in [5.74, 6) is 0.668. The monoisotopic (exact) mass is 284 g/mol. The van der Waals surface area contributed by atoms with Gasteiger partial charge in [0.05, 0.1) is 0 Å². The van der Waals surface area contributed by atoms with Crippen molar-refractivity contribution < 1.29 is 9.53 Å². The van der Waals surface area contributed by atoms with Gasteiger partial charge < -0.3 is 15.8 Å². The first-order valence-electron chi connectivity index (χ1n) is 7.86. The van der Waals surface area contributed by atoms with Crippen LogP contribution in [0.4, 0.5) is 0 Å². The van der Waals surface area contributed by atoms with Gasteiger partial charge in [-0.3, -0.25) is 4.79 Å². The van der Waals surface area contributed by atoms with E-state index in [1.165, 1.54) is 0 Å². The molecule has 0 aliphatic carbocycles. The maximum Gasteiger partial charge on any atom is 0.220 e. The van der Waals surface area contributed by atoms with Gasteiger partial charge in [-0.15, -0.1) is 0 Å². The van der Waals surface area contributed by atoms with Crippen molar-refractivity contribution in [2.45, 2.75) is 65.3 Å². The van der Waals surface area contributed by atoms with E-state index in [0.717, 1.165) is 38.9 Å². The van der Waals surface area contributed by atoms with Gasteiger partial charge in [0.1, 0.15) is 0 Å². The Labute approximate surface area is 123 Å². The molecule has 0 aromatic heterocycles. The van der Waals surface area contributed by atoms with E-state index in [1.807, 2.05) is 0 Å². The number of nitrogens with one attached hydrogen (secondary N) is 1. The van der Waals surface area contributed by atoms with Crippen LogP contribution in [0, 0.1) is 11.3 Å². The number of carbonyl (C=O) groups excluding carboxylic acids is 1. The van der Waals surface area contributed by atoms with Crippen LogP contribution in [-0.4, -0.2) is 31.2 Å². The molecular formula is C16H32N2O2. The van der Waals surface area contributed by atoms with Gasteiger partial charge in [0.25, 0.3) is 0 Å². The van der Waals surface area contributed by atoms with Crippen molar-refractivity contribution in [1.82, 2.24) is 5.32 Å². The van der Waals surface area contributed by atoms with Crippen LogP contribution >= 0.6 is 0 Å². The lowest BCUT2D eigenvalue weighted by atomic mass is 9.76. The Hall–Kier alpha value is -0.610. The van der Waals surface area contributed by atoms with Gasteiger partial charge in [0.15, 0.2) is 0 Å². The van der Waals surface area contributed by atoms with Crippen molar-refractivity contribution in [1.29, 1.82) is 0 Å². The largest absolute Gasteiger partial charge is 0.381 e. The average molecular weight is 284 g/mol. The first kappa shape index (κ1) is 17.4. The third-order valence-electron chi connectivity index (χ3n) is 4.50. The molecule has 4 heteroatoms. The highest BCUT2D eigenvalue weighted by molar-refractivity contribution is 5.76. The van der Waals surface area contributed by atoms with Crippen LogP contribution in [-0.2, 0) is 9.53 Å². The SMILES string of the molecule is CC1(NC(=O)CCC(CCN)C(C)(C)C)CCOCC1. The number of carbonyl (C=O) groups is 1. The predicted octanol–water partition coefficient (Wildman–Crippen LogP) is 2.46. The van der Waals surface area contributed by atoms with E-state index in [9.17, 15) is 4.79 Å². The van der Waals surface area contributed by atoms with Gasteiger partial charge in [0, 0.05) is 25.2 Å². The van der Waals surface area contributed by atoms with Crippen molar-refractivity contribution >= 4 is 5.91 Å². The summed E-state index contributed by atoms with van der Waals surface area (Å²) >= 11 is 0. The van der Waals surface area contributed by atoms with Crippen molar-refractivity contribution in [3.8, 4) is 0 Å². The highest BCUT2D eigenvalue weighted by atomic mass is 16.5. The number of nitrogens with two attached hydrogens (primary N) is 1. The minimum Gasteiger partial charge on any atom is -0.381 e. The summed E-state index contributed by atoms with van der Waals surface area (Å²) in [6, 6.07) is 0. The number of hydrogen-bond donors (Lipinski definition) is 2. The number of hydrogen-bond acceptors (Lipinski definition) is 3. The molecule has 20 heavy (non-hydrogen) atoms. The summed E-state index contributed by atoms with van der Waals surface area (Å²) in [7, 11) is 0. The van der Waals surface area contributed by atoms with Gasteiger partial charge in [-0.05, 0) is 50.5 Å². The maximum absolute atomic E-state index is 12.2. The standard InChI is InChI=1S/C16H32N2O2/c1-15(2,3)13(7-10-17)5-6-14(19)18-16(4)8-11-20-12-9-16/h13H,5-12,17H2,1-4H3,(H,18,19). The van der Waals surface area contributed by atoms with Crippen LogP contribution in [0.25, 0.3) is 0 Å². The zero-order valence-corrected chi connectivity index (χ0v) is 13.6. The minimum atomic E-state index is -0.0829. The van der Waals surface area contributed by atoms with Gasteiger partial charge in [0.2, 0.25) is 5.91 Å². The second-order valence-corrected chi connectivity index (χ2v) is 7.40. The summed E-state index contributed by atoms with van der Waals surface area (Å²) in [4.78, 5) is 12.2. The molecule has 0 bridgehead atoms. The highest BCUT2D eigenvalue weighted by Crippen LogP contribution is 2.32. The van der Waals surface area contributed by atoms with Gasteiger partial charge in [-0.1, -0.05) is 20.8 Å². The molecule has 0 saturated carbocycles. The third kappa shape index (κ3) is 5.80. The van der Waals surface area contributed by atoms with Crippen LogP contribution in [0.2, 0.25) is 0 Å². The van der Waals surface area contributed by atoms with Crippen molar-refractivity contribution in [2.24, 2.45) is 17.1 Å². The minimum absolute atomic E-state index is 0.0829. The van der Waals surface area contributed by atoms with E-state index < -0.39 is 0 Å². The molecule has 1 amide bonds. The Morgan fingerprint density at radius 2 is 1.90 bits per heavy atom. The molecule has 4 nitrogen and oxygen atoms in total. The van der Waals surface area contributed by atoms with Crippen LogP contribution < -0.4 is 11.1 Å². The van der Waals surface area contributed by atoms with Gasteiger partial charge >= 0.3 is 0 Å². The van der Waals surface area contributed by atoms with Crippen molar-refractivity contribution in [3.05, 3.63) is 0 Å². The molecule has 1 atom stereocenters. The fourth-order valence-electron chi connectivity index (χ4n) is 2.86. The molecule has 1 heterocycles. The van der Waals surface area contributed by atoms with Crippen LogP contribution in [0.5, 0.6) is 0 Å². The maximum atomic E-state index is 12.2. The van der Waals surface area contributed by atoms with Crippen LogP contribution in [0.1, 0.15) is 59.8 Å². The Morgan fingerprint density at radius 3 is 2.40 bits per heavy atom. The summed E-state index contributed by atoms with van der Waals surface area (Å²) in [5.41, 5.74) is 5.82. The normalized spacial score (nSPS) is 20.4. The summed E-state index contributed by atoms with van der Waals surface area (Å²) < 4.78 is 5.36. The summed E-state index contributed by atoms with van der Waals surface area (Å²) in [5, 5.41) is 3.19. The quantitative estimate of drug-likeness (QED) is 0.787. The Kier molecular flexibility index (Phi) is 6.46. The Bertz CT molecular complexity index is 304. The molecule has 0 aromatic rings. The second kappa shape index (κ2) is 7.41. The molecule has 0 radical (unpaired) electrons. The fraction of sp³-hybridized carbons (Fsp3) is 0.938. The first-order valence-corrected chi connectivity index (χ1v) is 7.86. The van der Waals surface area contributed by atoms with Gasteiger partial charge in [-0.25, -0.2) is 0 Å². The molecule has 0 aromatic carbocycles. The van der Waals surface area contributed by atoms with Crippen molar-refractivity contribution in [2.75, 3.05) is 19.8 Å². The molecule has 1 unspecified atom stereocenters. The molecular weight excluding hydrogens is 252 g/mol. The molecule has 1 aliphatic rings. The highest BCUT2D eigenvalue weighted by Gasteiger charge is 2.30. The first-order chi connectivity index (χ1) is 9.27. The molecule has 1 fully saturated rings. The number of ether oxygens (including phenoxy) is 1. The number of rotatable bonds is 6. The average Bonchev–Trinajstić information content (AvgIpc) is 2.33. The molecule has 1 saturated heterocycles. The van der Waals surface area contributed by atoms with Crippen LogP contribution in [0.15, 0.2) is 0 Å². The molecule has 118 valence electrons. The van der Waals surface area contributed by atoms with E-state index in [1.54, 1.807) is 0 Å². The molecule has 0 spiro atoms. The Balaban J connectivity index is 2.41. The molecule has 3 N–H and O–H groups in total. The predicted molar refractivity (Wildman–Crippen MR) is 82.5 cm³/mol. The fourth-order valence-corrected chi connectivity index (χ4v) is 2.86. The zero-order valence-electron chi connectivity index (χ0n) is 13.6. The summed E-state index contributed by atoms with van der Waals surface area (Å²) in [6.45, 7) is 11.0. The lowest BCUT2D eigenvalue weighted by molar-refractivity contribution is -0.124. The second-order valence-electron chi connectivity index (χ2n) is 7.40. The topological polar surface area (TPSA) is 64.4 Å².